The van der Waals surface area contributed by atoms with E-state index in [1.807, 2.05) is 12.1 Å². The summed E-state index contributed by atoms with van der Waals surface area (Å²) in [5.41, 5.74) is 1.88. The van der Waals surface area contributed by atoms with Gasteiger partial charge in [-0.15, -0.1) is 0 Å². The van der Waals surface area contributed by atoms with Gasteiger partial charge in [0.2, 0.25) is 0 Å². The Morgan fingerprint density at radius 2 is 2.05 bits per heavy atom. The van der Waals surface area contributed by atoms with E-state index in [1.165, 1.54) is 5.56 Å². The molecule has 20 heavy (non-hydrogen) atoms. The minimum absolute atomic E-state index is 0.291. The molecule has 1 heterocycles. The van der Waals surface area contributed by atoms with Crippen LogP contribution in [0.3, 0.4) is 0 Å². The Kier molecular flexibility index (Phi) is 3.22. The van der Waals surface area contributed by atoms with Crippen molar-refractivity contribution in [2.45, 2.75) is 37.8 Å². The number of rotatable bonds is 3. The van der Waals surface area contributed by atoms with E-state index < -0.39 is 11.5 Å². The molecular weight excluding hydrogens is 256 g/mol. The van der Waals surface area contributed by atoms with E-state index in [-0.39, 0.29) is 5.91 Å². The van der Waals surface area contributed by atoms with Gasteiger partial charge in [-0.3, -0.25) is 4.79 Å². The van der Waals surface area contributed by atoms with Crippen molar-refractivity contribution < 1.29 is 14.7 Å². The fourth-order valence-corrected chi connectivity index (χ4v) is 2.83. The third-order valence-electron chi connectivity index (χ3n) is 4.32. The molecule has 1 aliphatic heterocycles. The van der Waals surface area contributed by atoms with Crippen LogP contribution in [0.5, 0.6) is 0 Å². The molecule has 106 valence electrons. The molecule has 1 fully saturated rings. The summed E-state index contributed by atoms with van der Waals surface area (Å²) in [5.74, 6) is -1.22. The predicted octanol–water partition coefficient (Wildman–Crippen LogP) is 1.07. The first-order valence-electron chi connectivity index (χ1n) is 6.99. The molecule has 5 heteroatoms. The highest BCUT2D eigenvalue weighted by atomic mass is 16.4. The second kappa shape index (κ2) is 4.90. The first kappa shape index (κ1) is 13.1. The van der Waals surface area contributed by atoms with Crippen LogP contribution >= 0.6 is 0 Å². The molecule has 2 aliphatic rings. The van der Waals surface area contributed by atoms with Crippen molar-refractivity contribution in [1.82, 2.24) is 10.6 Å². The second-order valence-corrected chi connectivity index (χ2v) is 5.61. The summed E-state index contributed by atoms with van der Waals surface area (Å²) in [5, 5.41) is 15.2. The number of benzene rings is 1. The summed E-state index contributed by atoms with van der Waals surface area (Å²) in [6, 6.07) is 5.62. The van der Waals surface area contributed by atoms with Crippen molar-refractivity contribution in [1.29, 1.82) is 0 Å². The molecule has 1 amide bonds. The minimum atomic E-state index is -1.05. The maximum absolute atomic E-state index is 12.2. The molecule has 1 aromatic rings. The predicted molar refractivity (Wildman–Crippen MR) is 73.5 cm³/mol. The van der Waals surface area contributed by atoms with Gasteiger partial charge in [0, 0.05) is 12.1 Å². The lowest BCUT2D eigenvalue weighted by Gasteiger charge is -2.38. The molecule has 1 saturated carbocycles. The van der Waals surface area contributed by atoms with Crippen LogP contribution in [-0.2, 0) is 17.8 Å². The maximum atomic E-state index is 12.2. The standard InChI is InChI=1S/C15H18N2O3/c18-13(17-15(14(19)20)5-1-6-15)11-3-2-10-4-7-16-9-12(10)8-11/h2-3,8,16H,1,4-7,9H2,(H,17,18)(H,19,20). The first-order chi connectivity index (χ1) is 9.61. The summed E-state index contributed by atoms with van der Waals surface area (Å²) in [7, 11) is 0. The molecule has 0 bridgehead atoms. The van der Waals surface area contributed by atoms with Gasteiger partial charge in [-0.25, -0.2) is 4.79 Å². The Balaban J connectivity index is 1.79. The van der Waals surface area contributed by atoms with Crippen LogP contribution in [0.25, 0.3) is 0 Å². The van der Waals surface area contributed by atoms with Crippen LogP contribution in [0.4, 0.5) is 0 Å². The second-order valence-electron chi connectivity index (χ2n) is 5.61. The summed E-state index contributed by atoms with van der Waals surface area (Å²) < 4.78 is 0. The Labute approximate surface area is 117 Å². The summed E-state index contributed by atoms with van der Waals surface area (Å²) in [4.78, 5) is 23.5. The summed E-state index contributed by atoms with van der Waals surface area (Å²) in [6.45, 7) is 1.72. The van der Waals surface area contributed by atoms with E-state index in [1.54, 1.807) is 6.07 Å². The normalized spacial score (nSPS) is 19.6. The molecule has 0 saturated heterocycles. The van der Waals surface area contributed by atoms with E-state index in [0.29, 0.717) is 18.4 Å². The van der Waals surface area contributed by atoms with E-state index >= 15 is 0 Å². The highest BCUT2D eigenvalue weighted by Gasteiger charge is 2.45. The zero-order valence-electron chi connectivity index (χ0n) is 11.2. The lowest BCUT2D eigenvalue weighted by Crippen LogP contribution is -2.59. The van der Waals surface area contributed by atoms with Gasteiger partial charge in [-0.05, 0) is 55.5 Å². The quantitative estimate of drug-likeness (QED) is 0.770. The number of carbonyl (C=O) groups excluding carboxylic acids is 1. The molecule has 3 rings (SSSR count). The number of nitrogens with one attached hydrogen (secondary N) is 2. The average Bonchev–Trinajstić information content (AvgIpc) is 2.41. The van der Waals surface area contributed by atoms with Crippen LogP contribution in [0.2, 0.25) is 0 Å². The smallest absolute Gasteiger partial charge is 0.329 e. The van der Waals surface area contributed by atoms with Crippen molar-refractivity contribution in [3.8, 4) is 0 Å². The number of amides is 1. The molecule has 0 spiro atoms. The van der Waals surface area contributed by atoms with Gasteiger partial charge in [0.1, 0.15) is 5.54 Å². The first-order valence-corrected chi connectivity index (χ1v) is 6.99. The largest absolute Gasteiger partial charge is 0.480 e. The molecule has 5 nitrogen and oxygen atoms in total. The Morgan fingerprint density at radius 1 is 1.25 bits per heavy atom. The highest BCUT2D eigenvalue weighted by molar-refractivity contribution is 5.98. The fraction of sp³-hybridized carbons (Fsp3) is 0.467. The van der Waals surface area contributed by atoms with Gasteiger partial charge >= 0.3 is 5.97 Å². The zero-order chi connectivity index (χ0) is 14.2. The third kappa shape index (κ3) is 2.18. The highest BCUT2D eigenvalue weighted by Crippen LogP contribution is 2.32. The van der Waals surface area contributed by atoms with Gasteiger partial charge in [0.15, 0.2) is 0 Å². The van der Waals surface area contributed by atoms with Crippen molar-refractivity contribution in [3.63, 3.8) is 0 Å². The topological polar surface area (TPSA) is 78.4 Å². The van der Waals surface area contributed by atoms with Crippen LogP contribution < -0.4 is 10.6 Å². The molecule has 0 unspecified atom stereocenters. The van der Waals surface area contributed by atoms with Crippen LogP contribution in [0.15, 0.2) is 18.2 Å². The van der Waals surface area contributed by atoms with Gasteiger partial charge in [0.25, 0.3) is 5.91 Å². The number of carboxylic acids is 1. The van der Waals surface area contributed by atoms with Gasteiger partial charge in [-0.1, -0.05) is 6.07 Å². The molecule has 0 atom stereocenters. The van der Waals surface area contributed by atoms with Crippen LogP contribution in [-0.4, -0.2) is 29.1 Å². The summed E-state index contributed by atoms with van der Waals surface area (Å²) in [6.07, 6.45) is 2.85. The molecule has 0 radical (unpaired) electrons. The fourth-order valence-electron chi connectivity index (χ4n) is 2.83. The monoisotopic (exact) mass is 274 g/mol. The lowest BCUT2D eigenvalue weighted by atomic mass is 9.76. The van der Waals surface area contributed by atoms with E-state index in [4.69, 9.17) is 0 Å². The van der Waals surface area contributed by atoms with Crippen LogP contribution in [0, 0.1) is 0 Å². The molecule has 3 N–H and O–H groups in total. The molecule has 1 aliphatic carbocycles. The van der Waals surface area contributed by atoms with Gasteiger partial charge < -0.3 is 15.7 Å². The Hall–Kier alpha value is -1.88. The third-order valence-corrected chi connectivity index (χ3v) is 4.32. The van der Waals surface area contributed by atoms with Crippen molar-refractivity contribution in [3.05, 3.63) is 34.9 Å². The number of carboxylic acid groups (broad SMARTS) is 1. The number of hydrogen-bond donors (Lipinski definition) is 3. The SMILES string of the molecule is O=C(NC1(C(=O)O)CCC1)c1ccc2c(c1)CNCC2. The maximum Gasteiger partial charge on any atom is 0.329 e. The zero-order valence-corrected chi connectivity index (χ0v) is 11.2. The number of hydrogen-bond acceptors (Lipinski definition) is 3. The molecular formula is C15H18N2O3. The van der Waals surface area contributed by atoms with Crippen LogP contribution in [0.1, 0.15) is 40.7 Å². The Bertz CT molecular complexity index is 564. The van der Waals surface area contributed by atoms with E-state index in [9.17, 15) is 14.7 Å². The van der Waals surface area contributed by atoms with E-state index in [2.05, 4.69) is 10.6 Å². The molecule has 0 aromatic heterocycles. The van der Waals surface area contributed by atoms with E-state index in [0.717, 1.165) is 31.5 Å². The van der Waals surface area contributed by atoms with Gasteiger partial charge in [0.05, 0.1) is 0 Å². The molecule has 1 aromatic carbocycles. The average molecular weight is 274 g/mol. The van der Waals surface area contributed by atoms with Gasteiger partial charge in [-0.2, -0.15) is 0 Å². The Morgan fingerprint density at radius 3 is 2.70 bits per heavy atom. The number of carbonyl (C=O) groups is 2. The van der Waals surface area contributed by atoms with Crippen molar-refractivity contribution in [2.24, 2.45) is 0 Å². The number of fused-ring (bicyclic) bond motifs is 1. The van der Waals surface area contributed by atoms with Crippen molar-refractivity contribution >= 4 is 11.9 Å². The number of aliphatic carboxylic acids is 1. The summed E-state index contributed by atoms with van der Waals surface area (Å²) >= 11 is 0. The van der Waals surface area contributed by atoms with Crippen molar-refractivity contribution in [2.75, 3.05) is 6.54 Å². The lowest BCUT2D eigenvalue weighted by molar-refractivity contribution is -0.148. The minimum Gasteiger partial charge on any atom is -0.480 e.